The zero-order chi connectivity index (χ0) is 12.4. The number of likely N-dealkylation sites (tertiary alicyclic amines) is 1. The maximum Gasteiger partial charge on any atom is 0.149 e. The van der Waals surface area contributed by atoms with Gasteiger partial charge in [0.2, 0.25) is 0 Å². The monoisotopic (exact) mass is 247 g/mol. The Kier molecular flexibility index (Phi) is 3.32. The minimum absolute atomic E-state index is 0.508. The van der Waals surface area contributed by atoms with E-state index in [-0.39, 0.29) is 0 Å². The van der Waals surface area contributed by atoms with Gasteiger partial charge in [-0.1, -0.05) is 6.42 Å². The summed E-state index contributed by atoms with van der Waals surface area (Å²) >= 11 is 0. The normalized spacial score (nSPS) is 25.6. The van der Waals surface area contributed by atoms with Gasteiger partial charge in [0.05, 0.1) is 12.4 Å². The van der Waals surface area contributed by atoms with Crippen molar-refractivity contribution in [3.63, 3.8) is 0 Å². The zero-order valence-corrected chi connectivity index (χ0v) is 10.8. The molecule has 1 atom stereocenters. The van der Waals surface area contributed by atoms with Crippen molar-refractivity contribution in [3.05, 3.63) is 12.4 Å². The Labute approximate surface area is 108 Å². The molecule has 0 spiro atoms. The SMILES string of the molecule is Nc1cncc(N2CCC(N3CCCCC3)C2)n1. The van der Waals surface area contributed by atoms with Crippen molar-refractivity contribution < 1.29 is 0 Å². The van der Waals surface area contributed by atoms with Crippen LogP contribution in [0.1, 0.15) is 25.7 Å². The third-order valence-electron chi connectivity index (χ3n) is 4.03. The Bertz CT molecular complexity index is 402. The molecule has 18 heavy (non-hydrogen) atoms. The average Bonchev–Trinajstić information content (AvgIpc) is 2.89. The van der Waals surface area contributed by atoms with E-state index in [0.29, 0.717) is 11.9 Å². The van der Waals surface area contributed by atoms with Gasteiger partial charge in [-0.15, -0.1) is 0 Å². The second-order valence-electron chi connectivity index (χ2n) is 5.29. The molecule has 3 heterocycles. The fourth-order valence-electron chi connectivity index (χ4n) is 3.05. The molecule has 2 aliphatic heterocycles. The Hall–Kier alpha value is -1.36. The highest BCUT2D eigenvalue weighted by Gasteiger charge is 2.29. The first kappa shape index (κ1) is 11.7. The van der Waals surface area contributed by atoms with Crippen molar-refractivity contribution in [2.75, 3.05) is 36.8 Å². The van der Waals surface area contributed by atoms with Gasteiger partial charge in [0.15, 0.2) is 0 Å². The Morgan fingerprint density at radius 2 is 1.94 bits per heavy atom. The first-order valence-electron chi connectivity index (χ1n) is 6.89. The fraction of sp³-hybridized carbons (Fsp3) is 0.692. The molecule has 2 fully saturated rings. The topological polar surface area (TPSA) is 58.3 Å². The van der Waals surface area contributed by atoms with Crippen molar-refractivity contribution in [3.8, 4) is 0 Å². The van der Waals surface area contributed by atoms with E-state index in [1.54, 1.807) is 6.20 Å². The van der Waals surface area contributed by atoms with Crippen LogP contribution in [-0.4, -0.2) is 47.1 Å². The lowest BCUT2D eigenvalue weighted by atomic mass is 10.1. The summed E-state index contributed by atoms with van der Waals surface area (Å²) in [5.41, 5.74) is 5.69. The lowest BCUT2D eigenvalue weighted by Gasteiger charge is -2.32. The second kappa shape index (κ2) is 5.10. The molecule has 0 amide bonds. The van der Waals surface area contributed by atoms with Crippen LogP contribution >= 0.6 is 0 Å². The predicted molar refractivity (Wildman–Crippen MR) is 72.5 cm³/mol. The van der Waals surface area contributed by atoms with E-state index in [9.17, 15) is 0 Å². The molecule has 98 valence electrons. The highest BCUT2D eigenvalue weighted by molar-refractivity contribution is 5.42. The van der Waals surface area contributed by atoms with Gasteiger partial charge in [0, 0.05) is 19.1 Å². The number of hydrogen-bond donors (Lipinski definition) is 1. The van der Waals surface area contributed by atoms with Crippen molar-refractivity contribution >= 4 is 11.6 Å². The van der Waals surface area contributed by atoms with Gasteiger partial charge >= 0.3 is 0 Å². The summed E-state index contributed by atoms with van der Waals surface area (Å²) in [5.74, 6) is 1.43. The molecule has 2 N–H and O–H groups in total. The van der Waals surface area contributed by atoms with Crippen LogP contribution in [-0.2, 0) is 0 Å². The van der Waals surface area contributed by atoms with E-state index >= 15 is 0 Å². The van der Waals surface area contributed by atoms with Gasteiger partial charge in [-0.05, 0) is 32.4 Å². The van der Waals surface area contributed by atoms with Crippen LogP contribution in [0.15, 0.2) is 12.4 Å². The van der Waals surface area contributed by atoms with E-state index in [0.717, 1.165) is 18.9 Å². The van der Waals surface area contributed by atoms with Gasteiger partial charge in [-0.2, -0.15) is 0 Å². The molecule has 0 aliphatic carbocycles. The van der Waals surface area contributed by atoms with Crippen LogP contribution in [0.3, 0.4) is 0 Å². The summed E-state index contributed by atoms with van der Waals surface area (Å²) < 4.78 is 0. The van der Waals surface area contributed by atoms with Crippen LogP contribution in [0.2, 0.25) is 0 Å². The average molecular weight is 247 g/mol. The number of aromatic nitrogens is 2. The van der Waals surface area contributed by atoms with Crippen molar-refractivity contribution in [1.29, 1.82) is 0 Å². The van der Waals surface area contributed by atoms with Gasteiger partial charge in [0.25, 0.3) is 0 Å². The van der Waals surface area contributed by atoms with E-state index in [1.165, 1.54) is 38.8 Å². The Balaban J connectivity index is 1.64. The molecule has 1 aromatic rings. The summed E-state index contributed by atoms with van der Waals surface area (Å²) in [4.78, 5) is 13.4. The lowest BCUT2D eigenvalue weighted by molar-refractivity contribution is 0.175. The molecule has 0 saturated carbocycles. The molecule has 1 unspecified atom stereocenters. The standard InChI is InChI=1S/C13H21N5/c14-12-8-15-9-13(16-12)18-7-4-11(10-18)17-5-2-1-3-6-17/h8-9,11H,1-7,10H2,(H2,14,16). The quantitative estimate of drug-likeness (QED) is 0.849. The summed E-state index contributed by atoms with van der Waals surface area (Å²) in [5, 5.41) is 0. The summed E-state index contributed by atoms with van der Waals surface area (Å²) in [6, 6.07) is 0.688. The number of nitrogens with two attached hydrogens (primary N) is 1. The molecule has 1 aromatic heterocycles. The molecule has 3 rings (SSSR count). The maximum atomic E-state index is 5.69. The smallest absolute Gasteiger partial charge is 0.149 e. The summed E-state index contributed by atoms with van der Waals surface area (Å²) in [6.07, 6.45) is 8.75. The number of anilines is 2. The summed E-state index contributed by atoms with van der Waals surface area (Å²) in [7, 11) is 0. The van der Waals surface area contributed by atoms with Gasteiger partial charge < -0.3 is 10.6 Å². The molecule has 2 saturated heterocycles. The largest absolute Gasteiger partial charge is 0.382 e. The van der Waals surface area contributed by atoms with E-state index < -0.39 is 0 Å². The van der Waals surface area contributed by atoms with E-state index in [4.69, 9.17) is 5.73 Å². The zero-order valence-electron chi connectivity index (χ0n) is 10.8. The Morgan fingerprint density at radius 1 is 1.11 bits per heavy atom. The van der Waals surface area contributed by atoms with Crippen molar-refractivity contribution in [2.45, 2.75) is 31.7 Å². The van der Waals surface area contributed by atoms with Gasteiger partial charge in [0.1, 0.15) is 11.6 Å². The van der Waals surface area contributed by atoms with Crippen molar-refractivity contribution in [1.82, 2.24) is 14.9 Å². The third kappa shape index (κ3) is 2.41. The molecular weight excluding hydrogens is 226 g/mol. The fourth-order valence-corrected chi connectivity index (χ4v) is 3.05. The predicted octanol–water partition coefficient (Wildman–Crippen LogP) is 1.12. The molecule has 5 heteroatoms. The lowest BCUT2D eigenvalue weighted by Crippen LogP contribution is -2.41. The van der Waals surface area contributed by atoms with E-state index in [1.807, 2.05) is 6.20 Å². The number of nitrogen functional groups attached to an aromatic ring is 1. The minimum atomic E-state index is 0.508. The van der Waals surface area contributed by atoms with Crippen LogP contribution in [0.4, 0.5) is 11.6 Å². The van der Waals surface area contributed by atoms with Gasteiger partial charge in [-0.3, -0.25) is 9.88 Å². The molecule has 0 aromatic carbocycles. The first-order chi connectivity index (χ1) is 8.83. The second-order valence-corrected chi connectivity index (χ2v) is 5.29. The van der Waals surface area contributed by atoms with Crippen LogP contribution in [0, 0.1) is 0 Å². The van der Waals surface area contributed by atoms with Crippen LogP contribution < -0.4 is 10.6 Å². The molecule has 0 radical (unpaired) electrons. The number of hydrogen-bond acceptors (Lipinski definition) is 5. The highest BCUT2D eigenvalue weighted by atomic mass is 15.3. The van der Waals surface area contributed by atoms with E-state index in [2.05, 4.69) is 19.8 Å². The molecular formula is C13H21N5. The van der Waals surface area contributed by atoms with Gasteiger partial charge in [-0.25, -0.2) is 4.98 Å². The molecule has 2 aliphatic rings. The number of rotatable bonds is 2. The molecule has 0 bridgehead atoms. The van der Waals surface area contributed by atoms with Crippen LogP contribution in [0.25, 0.3) is 0 Å². The minimum Gasteiger partial charge on any atom is -0.382 e. The van der Waals surface area contributed by atoms with Crippen LogP contribution in [0.5, 0.6) is 0 Å². The first-order valence-corrected chi connectivity index (χ1v) is 6.89. The summed E-state index contributed by atoms with van der Waals surface area (Å²) in [6.45, 7) is 4.67. The third-order valence-corrected chi connectivity index (χ3v) is 4.03. The number of piperidine rings is 1. The highest BCUT2D eigenvalue weighted by Crippen LogP contribution is 2.23. The molecule has 5 nitrogen and oxygen atoms in total. The van der Waals surface area contributed by atoms with Crippen molar-refractivity contribution in [2.24, 2.45) is 0 Å². The number of nitrogens with zero attached hydrogens (tertiary/aromatic N) is 4. The maximum absolute atomic E-state index is 5.69. The Morgan fingerprint density at radius 3 is 2.72 bits per heavy atom.